The normalized spacial score (nSPS) is 19.1. The molecule has 0 saturated heterocycles. The van der Waals surface area contributed by atoms with Crippen molar-refractivity contribution >= 4 is 0 Å². The number of hydrogen-bond acceptors (Lipinski definition) is 3. The molecule has 0 aromatic heterocycles. The molecule has 3 nitrogen and oxygen atoms in total. The molecule has 0 spiro atoms. The summed E-state index contributed by atoms with van der Waals surface area (Å²) in [5.41, 5.74) is -6.06. The van der Waals surface area contributed by atoms with Crippen LogP contribution in [0.15, 0.2) is 0 Å². The van der Waals surface area contributed by atoms with Gasteiger partial charge in [0.25, 0.3) is 0 Å². The average molecular weight is 326 g/mol. The van der Waals surface area contributed by atoms with Crippen molar-refractivity contribution in [2.75, 3.05) is 13.2 Å². The third kappa shape index (κ3) is 5.30. The van der Waals surface area contributed by atoms with Crippen LogP contribution in [0, 0.1) is 0 Å². The molecule has 0 aliphatic carbocycles. The molecule has 0 bridgehead atoms. The molecule has 0 aromatic rings. The third-order valence-corrected chi connectivity index (χ3v) is 3.27. The van der Waals surface area contributed by atoms with Crippen molar-refractivity contribution in [3.63, 3.8) is 0 Å². The number of rotatable bonds is 8. The van der Waals surface area contributed by atoms with E-state index in [2.05, 4.69) is 4.74 Å². The topological polar surface area (TPSA) is 49.7 Å². The second-order valence-corrected chi connectivity index (χ2v) is 5.21. The summed E-state index contributed by atoms with van der Waals surface area (Å²) in [5, 5.41) is 17.2. The van der Waals surface area contributed by atoms with Gasteiger partial charge in [-0.3, -0.25) is 0 Å². The molecule has 2 atom stereocenters. The maximum absolute atomic E-state index is 13.0. The van der Waals surface area contributed by atoms with Gasteiger partial charge in [-0.1, -0.05) is 0 Å². The van der Waals surface area contributed by atoms with E-state index in [1.165, 1.54) is 0 Å². The zero-order chi connectivity index (χ0) is 16.9. The standard InChI is InChI=1S/C12H20F6O3/c1-9(5-3-7-19,11(13,14)15)21-10(2,6-4-8-20)12(16,17)18/h19-20H,3-8H2,1-2H3. The monoisotopic (exact) mass is 326 g/mol. The Bertz CT molecular complexity index is 287. The van der Waals surface area contributed by atoms with E-state index in [0.717, 1.165) is 0 Å². The Morgan fingerprint density at radius 2 is 1.00 bits per heavy atom. The van der Waals surface area contributed by atoms with E-state index in [-0.39, 0.29) is 12.8 Å². The highest BCUT2D eigenvalue weighted by molar-refractivity contribution is 4.93. The summed E-state index contributed by atoms with van der Waals surface area (Å²) in [6, 6.07) is 0. The summed E-state index contributed by atoms with van der Waals surface area (Å²) in [6.07, 6.45) is -12.3. The highest BCUT2D eigenvalue weighted by Gasteiger charge is 2.61. The molecular weight excluding hydrogens is 306 g/mol. The Balaban J connectivity index is 5.41. The Labute approximate surface area is 118 Å². The fraction of sp³-hybridized carbons (Fsp3) is 1.00. The third-order valence-electron chi connectivity index (χ3n) is 3.27. The van der Waals surface area contributed by atoms with Gasteiger partial charge in [0.05, 0.1) is 0 Å². The van der Waals surface area contributed by atoms with E-state index in [1.54, 1.807) is 0 Å². The van der Waals surface area contributed by atoms with E-state index in [9.17, 15) is 26.3 Å². The molecule has 0 fully saturated rings. The summed E-state index contributed by atoms with van der Waals surface area (Å²) < 4.78 is 82.8. The van der Waals surface area contributed by atoms with Gasteiger partial charge in [-0.15, -0.1) is 0 Å². The smallest absolute Gasteiger partial charge is 0.396 e. The Hall–Kier alpha value is -0.540. The highest BCUT2D eigenvalue weighted by Crippen LogP contribution is 2.46. The van der Waals surface area contributed by atoms with Crippen molar-refractivity contribution in [3.05, 3.63) is 0 Å². The second kappa shape index (κ2) is 7.15. The minimum Gasteiger partial charge on any atom is -0.396 e. The van der Waals surface area contributed by atoms with E-state index >= 15 is 0 Å². The van der Waals surface area contributed by atoms with Crippen molar-refractivity contribution in [2.45, 2.75) is 63.1 Å². The SMILES string of the molecule is CC(CCCO)(OC(C)(CCCO)C(F)(F)F)C(F)(F)F. The van der Waals surface area contributed by atoms with Gasteiger partial charge >= 0.3 is 12.4 Å². The van der Waals surface area contributed by atoms with Crippen LogP contribution < -0.4 is 0 Å². The van der Waals surface area contributed by atoms with Crippen LogP contribution in [-0.2, 0) is 4.74 Å². The van der Waals surface area contributed by atoms with Crippen molar-refractivity contribution in [1.82, 2.24) is 0 Å². The van der Waals surface area contributed by atoms with Gasteiger partial charge in [-0.25, -0.2) is 0 Å². The summed E-state index contributed by atoms with van der Waals surface area (Å²) in [5.74, 6) is 0. The van der Waals surface area contributed by atoms with Crippen LogP contribution in [0.25, 0.3) is 0 Å². The lowest BCUT2D eigenvalue weighted by Gasteiger charge is -2.42. The molecule has 0 amide bonds. The summed E-state index contributed by atoms with van der Waals surface area (Å²) >= 11 is 0. The van der Waals surface area contributed by atoms with Gasteiger partial charge in [0, 0.05) is 13.2 Å². The molecule has 21 heavy (non-hydrogen) atoms. The Kier molecular flexibility index (Phi) is 6.96. The second-order valence-electron chi connectivity index (χ2n) is 5.21. The first-order valence-corrected chi connectivity index (χ1v) is 6.38. The average Bonchev–Trinajstić information content (AvgIpc) is 2.31. The Morgan fingerprint density at radius 3 is 1.19 bits per heavy atom. The van der Waals surface area contributed by atoms with Crippen molar-refractivity contribution in [1.29, 1.82) is 0 Å². The number of alkyl halides is 6. The van der Waals surface area contributed by atoms with Crippen molar-refractivity contribution in [3.8, 4) is 0 Å². The number of aliphatic hydroxyl groups is 2. The lowest BCUT2D eigenvalue weighted by Crippen LogP contribution is -2.56. The van der Waals surface area contributed by atoms with E-state index in [1.807, 2.05) is 0 Å². The molecule has 2 N–H and O–H groups in total. The highest BCUT2D eigenvalue weighted by atomic mass is 19.4. The molecule has 0 aromatic carbocycles. The molecule has 9 heteroatoms. The minimum atomic E-state index is -5.02. The molecule has 0 aliphatic rings. The fourth-order valence-corrected chi connectivity index (χ4v) is 1.83. The predicted molar refractivity (Wildman–Crippen MR) is 62.6 cm³/mol. The lowest BCUT2D eigenvalue weighted by atomic mass is 9.93. The van der Waals surface area contributed by atoms with Gasteiger partial charge in [0.1, 0.15) is 0 Å². The summed E-state index contributed by atoms with van der Waals surface area (Å²) in [6.45, 7) is -0.111. The molecule has 2 unspecified atom stereocenters. The van der Waals surface area contributed by atoms with Gasteiger partial charge in [-0.2, -0.15) is 26.3 Å². The summed E-state index contributed by atoms with van der Waals surface area (Å²) in [4.78, 5) is 0. The quantitative estimate of drug-likeness (QED) is 0.674. The van der Waals surface area contributed by atoms with Crippen LogP contribution in [0.4, 0.5) is 26.3 Å². The lowest BCUT2D eigenvalue weighted by molar-refractivity contribution is -0.360. The Morgan fingerprint density at radius 1 is 0.714 bits per heavy atom. The first-order chi connectivity index (χ1) is 9.33. The molecule has 0 heterocycles. The fourth-order valence-electron chi connectivity index (χ4n) is 1.83. The zero-order valence-electron chi connectivity index (χ0n) is 11.8. The number of ether oxygens (including phenoxy) is 1. The van der Waals surface area contributed by atoms with Crippen molar-refractivity contribution < 1.29 is 41.3 Å². The van der Waals surface area contributed by atoms with Gasteiger partial charge in [-0.05, 0) is 39.5 Å². The van der Waals surface area contributed by atoms with Crippen LogP contribution >= 0.6 is 0 Å². The molecule has 128 valence electrons. The maximum Gasteiger partial charge on any atom is 0.417 e. The first kappa shape index (κ1) is 20.5. The molecular formula is C12H20F6O3. The van der Waals surface area contributed by atoms with Gasteiger partial charge in [0.15, 0.2) is 11.2 Å². The first-order valence-electron chi connectivity index (χ1n) is 6.38. The van der Waals surface area contributed by atoms with Crippen LogP contribution in [0.2, 0.25) is 0 Å². The number of halogens is 6. The zero-order valence-corrected chi connectivity index (χ0v) is 11.8. The largest absolute Gasteiger partial charge is 0.417 e. The van der Waals surface area contributed by atoms with E-state index < -0.39 is 49.6 Å². The van der Waals surface area contributed by atoms with Crippen LogP contribution in [0.3, 0.4) is 0 Å². The number of hydrogen-bond donors (Lipinski definition) is 2. The summed E-state index contributed by atoms with van der Waals surface area (Å²) in [7, 11) is 0. The van der Waals surface area contributed by atoms with Crippen LogP contribution in [0.1, 0.15) is 39.5 Å². The van der Waals surface area contributed by atoms with Gasteiger partial charge < -0.3 is 14.9 Å². The molecule has 0 radical (unpaired) electrons. The predicted octanol–water partition coefficient (Wildman–Crippen LogP) is 3.19. The van der Waals surface area contributed by atoms with Crippen molar-refractivity contribution in [2.24, 2.45) is 0 Å². The van der Waals surface area contributed by atoms with Crippen LogP contribution in [0.5, 0.6) is 0 Å². The van der Waals surface area contributed by atoms with Gasteiger partial charge in [0.2, 0.25) is 0 Å². The maximum atomic E-state index is 13.0. The number of aliphatic hydroxyl groups excluding tert-OH is 2. The minimum absolute atomic E-state index is 0.343. The molecule has 0 saturated carbocycles. The molecule has 0 aliphatic heterocycles. The van der Waals surface area contributed by atoms with Crippen LogP contribution in [-0.4, -0.2) is 47.0 Å². The van der Waals surface area contributed by atoms with E-state index in [0.29, 0.717) is 13.8 Å². The van der Waals surface area contributed by atoms with E-state index in [4.69, 9.17) is 10.2 Å². The molecule has 0 rings (SSSR count).